The second-order valence-corrected chi connectivity index (χ2v) is 5.31. The molecule has 0 unspecified atom stereocenters. The van der Waals surface area contributed by atoms with E-state index in [2.05, 4.69) is 6.07 Å². The number of hydrogen-bond donors (Lipinski definition) is 1. The second-order valence-electron chi connectivity index (χ2n) is 4.87. The first kappa shape index (κ1) is 13.7. The van der Waals surface area contributed by atoms with Gasteiger partial charge in [0.25, 0.3) is 0 Å². The average Bonchev–Trinajstić information content (AvgIpc) is 2.85. The normalized spacial score (nSPS) is 10.7. The van der Waals surface area contributed by atoms with Crippen LogP contribution in [0.2, 0.25) is 5.02 Å². The quantitative estimate of drug-likeness (QED) is 0.801. The summed E-state index contributed by atoms with van der Waals surface area (Å²) in [6.07, 6.45) is 1.91. The third kappa shape index (κ3) is 2.52. The van der Waals surface area contributed by atoms with Gasteiger partial charge in [-0.25, -0.2) is 0 Å². The van der Waals surface area contributed by atoms with Crippen molar-refractivity contribution in [2.75, 3.05) is 0 Å². The molecule has 0 fully saturated rings. The summed E-state index contributed by atoms with van der Waals surface area (Å²) in [5.41, 5.74) is 3.42. The summed E-state index contributed by atoms with van der Waals surface area (Å²) in [6, 6.07) is 15.3. The lowest BCUT2D eigenvalue weighted by atomic mass is 10.1. The summed E-state index contributed by atoms with van der Waals surface area (Å²) < 4.78 is 2.02. The van der Waals surface area contributed by atoms with Gasteiger partial charge in [0, 0.05) is 28.7 Å². The van der Waals surface area contributed by atoms with Crippen molar-refractivity contribution in [1.29, 1.82) is 5.26 Å². The number of hydrogen-bond acceptors (Lipinski definition) is 2. The molecular formula is C17H13ClN2O. The van der Waals surface area contributed by atoms with E-state index in [0.717, 1.165) is 22.0 Å². The van der Waals surface area contributed by atoms with Crippen LogP contribution >= 0.6 is 11.6 Å². The van der Waals surface area contributed by atoms with E-state index >= 15 is 0 Å². The van der Waals surface area contributed by atoms with Gasteiger partial charge < -0.3 is 9.67 Å². The lowest BCUT2D eigenvalue weighted by Crippen LogP contribution is -2.00. The Morgan fingerprint density at radius 2 is 1.95 bits per heavy atom. The Morgan fingerprint density at radius 1 is 1.14 bits per heavy atom. The zero-order chi connectivity index (χ0) is 14.8. The molecular weight excluding hydrogens is 284 g/mol. The molecule has 0 amide bonds. The van der Waals surface area contributed by atoms with Crippen LogP contribution in [0.5, 0.6) is 0 Å². The fourth-order valence-electron chi connectivity index (χ4n) is 2.55. The van der Waals surface area contributed by atoms with Crippen molar-refractivity contribution in [1.82, 2.24) is 4.57 Å². The van der Waals surface area contributed by atoms with Gasteiger partial charge in [-0.2, -0.15) is 5.26 Å². The molecule has 3 aromatic rings. The Hall–Kier alpha value is -2.28. The van der Waals surface area contributed by atoms with E-state index in [1.54, 1.807) is 6.07 Å². The molecule has 0 bridgehead atoms. The molecule has 0 saturated heterocycles. The molecule has 0 radical (unpaired) electrons. The van der Waals surface area contributed by atoms with Gasteiger partial charge in [0.2, 0.25) is 0 Å². The summed E-state index contributed by atoms with van der Waals surface area (Å²) in [6.45, 7) is 0.547. The van der Waals surface area contributed by atoms with Crippen molar-refractivity contribution in [2.45, 2.75) is 13.2 Å². The van der Waals surface area contributed by atoms with Gasteiger partial charge in [0.15, 0.2) is 0 Å². The van der Waals surface area contributed by atoms with E-state index in [1.165, 1.54) is 0 Å². The van der Waals surface area contributed by atoms with E-state index in [4.69, 9.17) is 11.6 Å². The molecule has 3 nitrogen and oxygen atoms in total. The van der Waals surface area contributed by atoms with Crippen LogP contribution in [0.3, 0.4) is 0 Å². The molecule has 4 heteroatoms. The van der Waals surface area contributed by atoms with Crippen molar-refractivity contribution in [2.24, 2.45) is 0 Å². The molecule has 104 valence electrons. The van der Waals surface area contributed by atoms with Crippen molar-refractivity contribution < 1.29 is 5.11 Å². The largest absolute Gasteiger partial charge is 0.392 e. The lowest BCUT2D eigenvalue weighted by molar-refractivity contribution is 0.283. The van der Waals surface area contributed by atoms with E-state index in [1.807, 2.05) is 47.2 Å². The SMILES string of the molecule is N#Cc1ccccc1Cn1cc(CO)c2ccc(Cl)cc21. The molecule has 0 atom stereocenters. The number of aliphatic hydroxyl groups excluding tert-OH is 1. The fourth-order valence-corrected chi connectivity index (χ4v) is 2.72. The van der Waals surface area contributed by atoms with Gasteiger partial charge in [-0.15, -0.1) is 0 Å². The number of halogens is 1. The van der Waals surface area contributed by atoms with E-state index in [-0.39, 0.29) is 6.61 Å². The van der Waals surface area contributed by atoms with Crippen LogP contribution in [0.15, 0.2) is 48.7 Å². The number of aliphatic hydroxyl groups is 1. The summed E-state index contributed by atoms with van der Waals surface area (Å²) in [4.78, 5) is 0. The van der Waals surface area contributed by atoms with E-state index in [0.29, 0.717) is 17.1 Å². The number of nitrogens with zero attached hydrogens (tertiary/aromatic N) is 2. The maximum absolute atomic E-state index is 9.49. The molecule has 1 aromatic heterocycles. The Labute approximate surface area is 127 Å². The first-order valence-corrected chi connectivity index (χ1v) is 6.97. The molecule has 0 saturated carbocycles. The minimum Gasteiger partial charge on any atom is -0.392 e. The highest BCUT2D eigenvalue weighted by Gasteiger charge is 2.10. The predicted octanol–water partition coefficient (Wildman–Crippen LogP) is 3.71. The third-order valence-electron chi connectivity index (χ3n) is 3.58. The highest BCUT2D eigenvalue weighted by Crippen LogP contribution is 2.26. The number of rotatable bonds is 3. The van der Waals surface area contributed by atoms with Crippen LogP contribution in [0.25, 0.3) is 10.9 Å². The minimum absolute atomic E-state index is 0.0228. The Balaban J connectivity index is 2.13. The highest BCUT2D eigenvalue weighted by atomic mass is 35.5. The third-order valence-corrected chi connectivity index (χ3v) is 3.81. The van der Waals surface area contributed by atoms with Crippen LogP contribution in [0.4, 0.5) is 0 Å². The number of nitriles is 1. The Kier molecular flexibility index (Phi) is 3.66. The number of fused-ring (bicyclic) bond motifs is 1. The Bertz CT molecular complexity index is 846. The van der Waals surface area contributed by atoms with Gasteiger partial charge in [-0.05, 0) is 23.8 Å². The molecule has 1 N–H and O–H groups in total. The molecule has 0 aliphatic rings. The van der Waals surface area contributed by atoms with Crippen LogP contribution in [0.1, 0.15) is 16.7 Å². The monoisotopic (exact) mass is 296 g/mol. The van der Waals surface area contributed by atoms with Crippen LogP contribution in [-0.2, 0) is 13.2 Å². The van der Waals surface area contributed by atoms with E-state index < -0.39 is 0 Å². The van der Waals surface area contributed by atoms with Gasteiger partial charge in [-0.3, -0.25) is 0 Å². The molecule has 21 heavy (non-hydrogen) atoms. The molecule has 0 spiro atoms. The lowest BCUT2D eigenvalue weighted by Gasteiger charge is -2.07. The predicted molar refractivity (Wildman–Crippen MR) is 83.1 cm³/mol. The van der Waals surface area contributed by atoms with Gasteiger partial charge >= 0.3 is 0 Å². The number of aromatic nitrogens is 1. The van der Waals surface area contributed by atoms with Crippen LogP contribution in [0, 0.1) is 11.3 Å². The Morgan fingerprint density at radius 3 is 2.71 bits per heavy atom. The van der Waals surface area contributed by atoms with E-state index in [9.17, 15) is 10.4 Å². The van der Waals surface area contributed by atoms with Crippen molar-refractivity contribution in [3.63, 3.8) is 0 Å². The van der Waals surface area contributed by atoms with Crippen molar-refractivity contribution in [3.8, 4) is 6.07 Å². The zero-order valence-corrected chi connectivity index (χ0v) is 12.0. The summed E-state index contributed by atoms with van der Waals surface area (Å²) in [7, 11) is 0. The van der Waals surface area contributed by atoms with Crippen molar-refractivity contribution >= 4 is 22.5 Å². The summed E-state index contributed by atoms with van der Waals surface area (Å²) in [5, 5.41) is 20.3. The maximum Gasteiger partial charge on any atom is 0.0995 e. The van der Waals surface area contributed by atoms with Gasteiger partial charge in [0.05, 0.1) is 23.8 Å². The molecule has 3 rings (SSSR count). The molecule has 0 aliphatic carbocycles. The standard InChI is InChI=1S/C17H13ClN2O/c18-15-5-6-16-14(11-21)10-20(17(16)7-15)9-13-4-2-1-3-12(13)8-19/h1-7,10,21H,9,11H2. The topological polar surface area (TPSA) is 49.0 Å². The summed E-state index contributed by atoms with van der Waals surface area (Å²) >= 11 is 6.08. The molecule has 2 aromatic carbocycles. The van der Waals surface area contributed by atoms with Crippen LogP contribution < -0.4 is 0 Å². The van der Waals surface area contributed by atoms with Crippen LogP contribution in [-0.4, -0.2) is 9.67 Å². The summed E-state index contributed by atoms with van der Waals surface area (Å²) in [5.74, 6) is 0. The zero-order valence-electron chi connectivity index (χ0n) is 11.3. The van der Waals surface area contributed by atoms with Gasteiger partial charge in [0.1, 0.15) is 0 Å². The average molecular weight is 297 g/mol. The maximum atomic E-state index is 9.49. The second kappa shape index (κ2) is 5.61. The highest BCUT2D eigenvalue weighted by molar-refractivity contribution is 6.31. The first-order chi connectivity index (χ1) is 10.2. The molecule has 1 heterocycles. The smallest absolute Gasteiger partial charge is 0.0995 e. The molecule has 0 aliphatic heterocycles. The minimum atomic E-state index is -0.0228. The van der Waals surface area contributed by atoms with Gasteiger partial charge in [-0.1, -0.05) is 35.9 Å². The van der Waals surface area contributed by atoms with Crippen molar-refractivity contribution in [3.05, 3.63) is 70.4 Å². The fraction of sp³-hybridized carbons (Fsp3) is 0.118. The number of benzene rings is 2. The first-order valence-electron chi connectivity index (χ1n) is 6.59.